The summed E-state index contributed by atoms with van der Waals surface area (Å²) in [5.74, 6) is 2.42. The summed E-state index contributed by atoms with van der Waals surface area (Å²) in [6.07, 6.45) is 0. The summed E-state index contributed by atoms with van der Waals surface area (Å²) < 4.78 is 10.6. The van der Waals surface area contributed by atoms with E-state index in [-0.39, 0.29) is 12.7 Å². The van der Waals surface area contributed by atoms with Gasteiger partial charge in [0.25, 0.3) is 5.91 Å². The molecule has 1 aromatic carbocycles. The van der Waals surface area contributed by atoms with Gasteiger partial charge in [-0.15, -0.1) is 0 Å². The van der Waals surface area contributed by atoms with Crippen LogP contribution >= 0.6 is 0 Å². The van der Waals surface area contributed by atoms with Crippen LogP contribution in [-0.4, -0.2) is 60.3 Å². The lowest BCUT2D eigenvalue weighted by molar-refractivity contribution is 0.102. The van der Waals surface area contributed by atoms with Gasteiger partial charge in [0.2, 0.25) is 6.79 Å². The van der Waals surface area contributed by atoms with E-state index in [4.69, 9.17) is 9.47 Å². The monoisotopic (exact) mass is 369 g/mol. The molecule has 1 aromatic heterocycles. The molecule has 1 amide bonds. The Morgan fingerprint density at radius 3 is 2.67 bits per heavy atom. The number of amides is 1. The Morgan fingerprint density at radius 2 is 1.89 bits per heavy atom. The van der Waals surface area contributed by atoms with Gasteiger partial charge in [-0.3, -0.25) is 4.79 Å². The molecule has 0 atom stereocenters. The first-order chi connectivity index (χ1) is 13.1. The maximum absolute atomic E-state index is 12.7. The fourth-order valence-electron chi connectivity index (χ4n) is 3.29. The zero-order valence-corrected chi connectivity index (χ0v) is 15.6. The van der Waals surface area contributed by atoms with Crippen LogP contribution in [0.15, 0.2) is 24.3 Å². The third-order valence-corrected chi connectivity index (χ3v) is 4.83. The molecule has 3 heterocycles. The van der Waals surface area contributed by atoms with E-state index in [1.165, 1.54) is 0 Å². The summed E-state index contributed by atoms with van der Waals surface area (Å²) in [6.45, 7) is 9.02. The van der Waals surface area contributed by atoms with E-state index in [0.29, 0.717) is 28.7 Å². The molecule has 1 N–H and O–H groups in total. The molecule has 1 saturated heterocycles. The number of anilines is 2. The Kier molecular flexibility index (Phi) is 4.81. The molecule has 0 spiro atoms. The highest BCUT2D eigenvalue weighted by molar-refractivity contribution is 6.03. The van der Waals surface area contributed by atoms with Gasteiger partial charge in [0.05, 0.1) is 0 Å². The molecule has 1 fully saturated rings. The van der Waals surface area contributed by atoms with Gasteiger partial charge in [0.15, 0.2) is 11.5 Å². The Bertz CT molecular complexity index is 849. The number of likely N-dealkylation sites (N-methyl/N-ethyl adjacent to an activating group) is 1. The Hall–Kier alpha value is -2.87. The minimum Gasteiger partial charge on any atom is -0.454 e. The van der Waals surface area contributed by atoms with Gasteiger partial charge in [-0.2, -0.15) is 0 Å². The number of nitrogens with one attached hydrogen (secondary N) is 1. The maximum atomic E-state index is 12.7. The highest BCUT2D eigenvalue weighted by Gasteiger charge is 2.20. The van der Waals surface area contributed by atoms with Crippen LogP contribution in [0.5, 0.6) is 11.5 Å². The Morgan fingerprint density at radius 1 is 1.11 bits per heavy atom. The number of benzene rings is 1. The number of aryl methyl sites for hydroxylation is 1. The summed E-state index contributed by atoms with van der Waals surface area (Å²) in [5.41, 5.74) is 0.992. The van der Waals surface area contributed by atoms with Crippen LogP contribution in [0.4, 0.5) is 11.5 Å². The van der Waals surface area contributed by atoms with Crippen molar-refractivity contribution in [3.63, 3.8) is 0 Å². The summed E-state index contributed by atoms with van der Waals surface area (Å²) in [5, 5.41) is 2.87. The van der Waals surface area contributed by atoms with Gasteiger partial charge in [-0.25, -0.2) is 9.97 Å². The molecular formula is C19H23N5O3. The standard InChI is InChI=1S/C19H23N5O3/c1-3-23-6-8-24(9-7-23)18-11-15(20-13(2)21-18)19(25)22-14-4-5-16-17(10-14)27-12-26-16/h4-5,10-11H,3,6-9,12H2,1-2H3,(H,22,25). The summed E-state index contributed by atoms with van der Waals surface area (Å²) >= 11 is 0. The van der Waals surface area contributed by atoms with Crippen LogP contribution in [0.25, 0.3) is 0 Å². The second-order valence-corrected chi connectivity index (χ2v) is 6.60. The summed E-state index contributed by atoms with van der Waals surface area (Å²) in [6, 6.07) is 7.07. The first-order valence-electron chi connectivity index (χ1n) is 9.16. The molecule has 27 heavy (non-hydrogen) atoms. The number of hydrogen-bond donors (Lipinski definition) is 1. The Balaban J connectivity index is 1.50. The van der Waals surface area contributed by atoms with E-state index in [1.807, 2.05) is 6.92 Å². The fourth-order valence-corrected chi connectivity index (χ4v) is 3.29. The molecule has 8 heteroatoms. The molecule has 8 nitrogen and oxygen atoms in total. The third kappa shape index (κ3) is 3.80. The minimum atomic E-state index is -0.271. The SMILES string of the molecule is CCN1CCN(c2cc(C(=O)Nc3ccc4c(c3)OCO4)nc(C)n2)CC1. The topological polar surface area (TPSA) is 79.8 Å². The minimum absolute atomic E-state index is 0.201. The van der Waals surface area contributed by atoms with Gasteiger partial charge in [0, 0.05) is 44.0 Å². The smallest absolute Gasteiger partial charge is 0.274 e. The summed E-state index contributed by atoms with van der Waals surface area (Å²) in [4.78, 5) is 26.1. The van der Waals surface area contributed by atoms with Crippen LogP contribution in [0.2, 0.25) is 0 Å². The van der Waals surface area contributed by atoms with Gasteiger partial charge in [0.1, 0.15) is 17.3 Å². The molecule has 2 aliphatic heterocycles. The van der Waals surface area contributed by atoms with Gasteiger partial charge in [-0.1, -0.05) is 6.92 Å². The van der Waals surface area contributed by atoms with Crippen molar-refractivity contribution >= 4 is 17.4 Å². The molecule has 0 unspecified atom stereocenters. The molecule has 0 aliphatic carbocycles. The number of ether oxygens (including phenoxy) is 2. The second kappa shape index (κ2) is 7.40. The van der Waals surface area contributed by atoms with Crippen molar-refractivity contribution in [3.8, 4) is 11.5 Å². The normalized spacial score (nSPS) is 16.4. The third-order valence-electron chi connectivity index (χ3n) is 4.83. The van der Waals surface area contributed by atoms with Crippen molar-refractivity contribution < 1.29 is 14.3 Å². The van der Waals surface area contributed by atoms with Crippen molar-refractivity contribution in [3.05, 3.63) is 35.8 Å². The maximum Gasteiger partial charge on any atom is 0.274 e. The number of carbonyl (C=O) groups excluding carboxylic acids is 1. The van der Waals surface area contributed by atoms with E-state index in [2.05, 4.69) is 32.0 Å². The summed E-state index contributed by atoms with van der Waals surface area (Å²) in [7, 11) is 0. The first kappa shape index (κ1) is 17.5. The van der Waals surface area contributed by atoms with Crippen LogP contribution in [0.3, 0.4) is 0 Å². The first-order valence-corrected chi connectivity index (χ1v) is 9.16. The number of aromatic nitrogens is 2. The van der Waals surface area contributed by atoms with Crippen molar-refractivity contribution in [1.82, 2.24) is 14.9 Å². The Labute approximate surface area is 158 Å². The van der Waals surface area contributed by atoms with Crippen LogP contribution in [-0.2, 0) is 0 Å². The van der Waals surface area contributed by atoms with E-state index in [1.54, 1.807) is 24.3 Å². The molecule has 2 aromatic rings. The van der Waals surface area contributed by atoms with E-state index < -0.39 is 0 Å². The molecule has 0 radical (unpaired) electrons. The number of rotatable bonds is 4. The van der Waals surface area contributed by atoms with Gasteiger partial charge < -0.3 is 24.6 Å². The van der Waals surface area contributed by atoms with E-state index in [9.17, 15) is 4.79 Å². The predicted octanol–water partition coefficient (Wildman–Crippen LogP) is 1.91. The lowest BCUT2D eigenvalue weighted by Gasteiger charge is -2.34. The van der Waals surface area contributed by atoms with E-state index in [0.717, 1.165) is 38.5 Å². The average molecular weight is 369 g/mol. The van der Waals surface area contributed by atoms with Crippen LogP contribution in [0.1, 0.15) is 23.2 Å². The molecule has 0 bridgehead atoms. The molecule has 2 aliphatic rings. The largest absolute Gasteiger partial charge is 0.454 e. The number of piperazine rings is 1. The van der Waals surface area contributed by atoms with Crippen molar-refractivity contribution in [1.29, 1.82) is 0 Å². The van der Waals surface area contributed by atoms with E-state index >= 15 is 0 Å². The molecule has 0 saturated carbocycles. The number of nitrogens with zero attached hydrogens (tertiary/aromatic N) is 4. The second-order valence-electron chi connectivity index (χ2n) is 6.60. The van der Waals surface area contributed by atoms with Crippen molar-refractivity contribution in [2.45, 2.75) is 13.8 Å². The molecule has 142 valence electrons. The predicted molar refractivity (Wildman–Crippen MR) is 102 cm³/mol. The van der Waals surface area contributed by atoms with Crippen molar-refractivity contribution in [2.24, 2.45) is 0 Å². The lowest BCUT2D eigenvalue weighted by atomic mass is 10.2. The highest BCUT2D eigenvalue weighted by Crippen LogP contribution is 2.34. The zero-order valence-electron chi connectivity index (χ0n) is 15.6. The van der Waals surface area contributed by atoms with Gasteiger partial charge in [-0.05, 0) is 25.6 Å². The average Bonchev–Trinajstić information content (AvgIpc) is 3.15. The van der Waals surface area contributed by atoms with Gasteiger partial charge >= 0.3 is 0 Å². The van der Waals surface area contributed by atoms with Crippen LogP contribution in [0, 0.1) is 6.92 Å². The molecular weight excluding hydrogens is 346 g/mol. The molecule has 4 rings (SSSR count). The van der Waals surface area contributed by atoms with Crippen LogP contribution < -0.4 is 19.7 Å². The lowest BCUT2D eigenvalue weighted by Crippen LogP contribution is -2.46. The highest BCUT2D eigenvalue weighted by atomic mass is 16.7. The fraction of sp³-hybridized carbons (Fsp3) is 0.421. The quantitative estimate of drug-likeness (QED) is 0.882. The number of carbonyl (C=O) groups is 1. The van der Waals surface area contributed by atoms with Crippen molar-refractivity contribution in [2.75, 3.05) is 49.7 Å². The zero-order chi connectivity index (χ0) is 18.8. The number of hydrogen-bond acceptors (Lipinski definition) is 7. The number of fused-ring (bicyclic) bond motifs is 1.